The number of anilines is 2. The monoisotopic (exact) mass is 514 g/mol. The zero-order chi connectivity index (χ0) is 25.4. The molecule has 0 heterocycles. The summed E-state index contributed by atoms with van der Waals surface area (Å²) in [7, 11) is -4.05. The molecule has 3 aromatic carbocycles. The van der Waals surface area contributed by atoms with Crippen molar-refractivity contribution in [3.8, 4) is 0 Å². The van der Waals surface area contributed by atoms with E-state index in [1.807, 2.05) is 19.9 Å². The highest BCUT2D eigenvalue weighted by molar-refractivity contribution is 7.92. The van der Waals surface area contributed by atoms with Crippen molar-refractivity contribution in [2.75, 3.05) is 22.8 Å². The van der Waals surface area contributed by atoms with Crippen LogP contribution >= 0.6 is 11.6 Å². The number of benzene rings is 3. The molecule has 9 heteroatoms. The van der Waals surface area contributed by atoms with E-state index in [2.05, 4.69) is 5.32 Å². The Bertz CT molecular complexity index is 1280. The Kier molecular flexibility index (Phi) is 8.89. The second kappa shape index (κ2) is 11.9. The molecule has 0 aliphatic rings. The van der Waals surface area contributed by atoms with Gasteiger partial charge in [-0.1, -0.05) is 37.1 Å². The molecule has 0 fully saturated rings. The van der Waals surface area contributed by atoms with Gasteiger partial charge >= 0.3 is 5.97 Å². The Morgan fingerprint density at radius 2 is 1.69 bits per heavy atom. The van der Waals surface area contributed by atoms with Crippen LogP contribution in [0.1, 0.15) is 35.7 Å². The van der Waals surface area contributed by atoms with Gasteiger partial charge in [-0.05, 0) is 79.6 Å². The SMILES string of the molecule is CCCCOC(=O)c1ccc(NC(=O)CN(c2cccc(C)c2)S(=O)(=O)c2ccc(Cl)cc2)cc1. The molecule has 0 radical (unpaired) electrons. The third-order valence-electron chi connectivity index (χ3n) is 5.11. The average Bonchev–Trinajstić information content (AvgIpc) is 2.83. The number of carbonyl (C=O) groups excluding carboxylic acids is 2. The molecule has 0 aliphatic heterocycles. The summed E-state index contributed by atoms with van der Waals surface area (Å²) in [5, 5.41) is 3.09. The van der Waals surface area contributed by atoms with Crippen molar-refractivity contribution in [2.24, 2.45) is 0 Å². The van der Waals surface area contributed by atoms with Crippen LogP contribution in [-0.4, -0.2) is 33.4 Å². The molecule has 0 bridgehead atoms. The van der Waals surface area contributed by atoms with Crippen LogP contribution in [0, 0.1) is 6.92 Å². The van der Waals surface area contributed by atoms with Crippen molar-refractivity contribution in [1.82, 2.24) is 0 Å². The molecular weight excluding hydrogens is 488 g/mol. The number of unbranched alkanes of at least 4 members (excludes halogenated alkanes) is 1. The van der Waals surface area contributed by atoms with Gasteiger partial charge in [-0.3, -0.25) is 9.10 Å². The fourth-order valence-corrected chi connectivity index (χ4v) is 4.78. The van der Waals surface area contributed by atoms with Crippen LogP contribution in [0.4, 0.5) is 11.4 Å². The number of aryl methyl sites for hydroxylation is 1. The Hall–Kier alpha value is -3.36. The molecule has 7 nitrogen and oxygen atoms in total. The van der Waals surface area contributed by atoms with Crippen molar-refractivity contribution < 1.29 is 22.7 Å². The van der Waals surface area contributed by atoms with Gasteiger partial charge in [0.25, 0.3) is 10.0 Å². The van der Waals surface area contributed by atoms with Crippen molar-refractivity contribution in [1.29, 1.82) is 0 Å². The number of nitrogens with one attached hydrogen (secondary N) is 1. The predicted molar refractivity (Wildman–Crippen MR) is 137 cm³/mol. The lowest BCUT2D eigenvalue weighted by atomic mass is 10.2. The van der Waals surface area contributed by atoms with Crippen LogP contribution < -0.4 is 9.62 Å². The maximum Gasteiger partial charge on any atom is 0.338 e. The number of hydrogen-bond acceptors (Lipinski definition) is 5. The van der Waals surface area contributed by atoms with Crippen molar-refractivity contribution in [2.45, 2.75) is 31.6 Å². The fraction of sp³-hybridized carbons (Fsp3) is 0.231. The number of sulfonamides is 1. The molecule has 35 heavy (non-hydrogen) atoms. The van der Waals surface area contributed by atoms with Gasteiger partial charge in [-0.15, -0.1) is 0 Å². The van der Waals surface area contributed by atoms with Gasteiger partial charge in [-0.25, -0.2) is 13.2 Å². The van der Waals surface area contributed by atoms with Gasteiger partial charge in [0.15, 0.2) is 0 Å². The number of ether oxygens (including phenoxy) is 1. The van der Waals surface area contributed by atoms with E-state index in [0.29, 0.717) is 28.6 Å². The van der Waals surface area contributed by atoms with E-state index in [0.717, 1.165) is 22.7 Å². The molecule has 0 aliphatic carbocycles. The van der Waals surface area contributed by atoms with Crippen molar-refractivity contribution in [3.05, 3.63) is 88.9 Å². The Labute approximate surface area is 210 Å². The van der Waals surface area contributed by atoms with E-state index in [-0.39, 0.29) is 4.90 Å². The fourth-order valence-electron chi connectivity index (χ4n) is 3.25. The minimum Gasteiger partial charge on any atom is -0.462 e. The Morgan fingerprint density at radius 1 is 1.00 bits per heavy atom. The lowest BCUT2D eigenvalue weighted by Gasteiger charge is -2.24. The molecule has 0 saturated heterocycles. The standard InChI is InChI=1S/C26H27ClN2O5S/c1-3-4-16-34-26(31)20-8-12-22(13-9-20)28-25(30)18-29(23-7-5-6-19(2)17-23)35(32,33)24-14-10-21(27)11-15-24/h5-15,17H,3-4,16,18H2,1-2H3,(H,28,30). The largest absolute Gasteiger partial charge is 0.462 e. The number of halogens is 1. The summed E-state index contributed by atoms with van der Waals surface area (Å²) in [5.74, 6) is -0.974. The average molecular weight is 515 g/mol. The smallest absolute Gasteiger partial charge is 0.338 e. The van der Waals surface area contributed by atoms with Crippen LogP contribution in [0.15, 0.2) is 77.7 Å². The number of nitrogens with zero attached hydrogens (tertiary/aromatic N) is 1. The molecule has 0 saturated carbocycles. The first-order valence-electron chi connectivity index (χ1n) is 11.1. The van der Waals surface area contributed by atoms with Crippen LogP contribution in [0.25, 0.3) is 0 Å². The minimum absolute atomic E-state index is 0.0159. The summed E-state index contributed by atoms with van der Waals surface area (Å²) < 4.78 is 33.1. The van der Waals surface area contributed by atoms with Crippen LogP contribution in [0.5, 0.6) is 0 Å². The Balaban J connectivity index is 1.78. The molecule has 0 atom stereocenters. The normalized spacial score (nSPS) is 11.1. The molecule has 0 unspecified atom stereocenters. The molecule has 3 rings (SSSR count). The molecular formula is C26H27ClN2O5S. The molecule has 1 amide bonds. The second-order valence-electron chi connectivity index (χ2n) is 7.92. The maximum absolute atomic E-state index is 13.4. The molecule has 3 aromatic rings. The highest BCUT2D eigenvalue weighted by Crippen LogP contribution is 2.25. The molecule has 0 aromatic heterocycles. The molecule has 0 spiro atoms. The second-order valence-corrected chi connectivity index (χ2v) is 10.2. The highest BCUT2D eigenvalue weighted by Gasteiger charge is 2.27. The van der Waals surface area contributed by atoms with Gasteiger partial charge in [0, 0.05) is 10.7 Å². The first-order valence-corrected chi connectivity index (χ1v) is 12.9. The van der Waals surface area contributed by atoms with Crippen LogP contribution in [0.2, 0.25) is 5.02 Å². The van der Waals surface area contributed by atoms with E-state index >= 15 is 0 Å². The van der Waals surface area contributed by atoms with Gasteiger partial charge in [0.2, 0.25) is 5.91 Å². The number of esters is 1. The van der Waals surface area contributed by atoms with Crippen LogP contribution in [-0.2, 0) is 19.6 Å². The zero-order valence-corrected chi connectivity index (χ0v) is 21.1. The summed E-state index contributed by atoms with van der Waals surface area (Å²) in [5.41, 5.74) is 2.00. The summed E-state index contributed by atoms with van der Waals surface area (Å²) in [6, 6.07) is 18.9. The van der Waals surface area contributed by atoms with E-state index < -0.39 is 28.4 Å². The summed E-state index contributed by atoms with van der Waals surface area (Å²) in [4.78, 5) is 25.0. The maximum atomic E-state index is 13.4. The lowest BCUT2D eigenvalue weighted by Crippen LogP contribution is -2.38. The Morgan fingerprint density at radius 3 is 2.31 bits per heavy atom. The van der Waals surface area contributed by atoms with Gasteiger partial charge in [0.1, 0.15) is 6.54 Å². The third kappa shape index (κ3) is 7.07. The predicted octanol–water partition coefficient (Wildman–Crippen LogP) is 5.44. The number of rotatable bonds is 10. The van der Waals surface area contributed by atoms with Gasteiger partial charge < -0.3 is 10.1 Å². The van der Waals surface area contributed by atoms with Crippen molar-refractivity contribution >= 4 is 44.9 Å². The quantitative estimate of drug-likeness (QED) is 0.287. The summed E-state index contributed by atoms with van der Waals surface area (Å²) in [6.45, 7) is 3.75. The summed E-state index contributed by atoms with van der Waals surface area (Å²) >= 11 is 5.91. The minimum atomic E-state index is -4.05. The van der Waals surface area contributed by atoms with E-state index in [4.69, 9.17) is 16.3 Å². The van der Waals surface area contributed by atoms with E-state index in [1.54, 1.807) is 42.5 Å². The zero-order valence-electron chi connectivity index (χ0n) is 19.5. The van der Waals surface area contributed by atoms with Crippen LogP contribution in [0.3, 0.4) is 0 Å². The lowest BCUT2D eigenvalue weighted by molar-refractivity contribution is -0.114. The first-order chi connectivity index (χ1) is 16.7. The van der Waals surface area contributed by atoms with E-state index in [9.17, 15) is 18.0 Å². The summed E-state index contributed by atoms with van der Waals surface area (Å²) in [6.07, 6.45) is 1.71. The van der Waals surface area contributed by atoms with Gasteiger partial charge in [-0.2, -0.15) is 0 Å². The van der Waals surface area contributed by atoms with Gasteiger partial charge in [0.05, 0.1) is 22.8 Å². The first kappa shape index (κ1) is 26.2. The number of carbonyl (C=O) groups is 2. The topological polar surface area (TPSA) is 92.8 Å². The highest BCUT2D eigenvalue weighted by atomic mass is 35.5. The molecule has 184 valence electrons. The number of amides is 1. The van der Waals surface area contributed by atoms with Crippen molar-refractivity contribution in [3.63, 3.8) is 0 Å². The van der Waals surface area contributed by atoms with E-state index in [1.165, 1.54) is 24.3 Å². The number of hydrogen-bond donors (Lipinski definition) is 1. The third-order valence-corrected chi connectivity index (χ3v) is 7.15. The molecule has 1 N–H and O–H groups in total.